The van der Waals surface area contributed by atoms with E-state index in [0.717, 1.165) is 33.4 Å². The van der Waals surface area contributed by atoms with Gasteiger partial charge in [-0.1, -0.05) is 42.5 Å². The van der Waals surface area contributed by atoms with Gasteiger partial charge in [0.2, 0.25) is 11.8 Å². The number of fused-ring (bicyclic) bond motifs is 3. The van der Waals surface area contributed by atoms with Gasteiger partial charge >= 0.3 is 0 Å². The predicted octanol–water partition coefficient (Wildman–Crippen LogP) is 3.06. The summed E-state index contributed by atoms with van der Waals surface area (Å²) in [5.41, 5.74) is 3.42. The molecule has 3 N–H and O–H groups in total. The molecule has 1 spiro atoms. The molecule has 0 bridgehead atoms. The van der Waals surface area contributed by atoms with Crippen LogP contribution in [-0.2, 0) is 26.2 Å². The molecule has 4 heterocycles. The first-order valence-corrected chi connectivity index (χ1v) is 11.2. The van der Waals surface area contributed by atoms with Gasteiger partial charge in [-0.05, 0) is 35.7 Å². The number of carbonyl (C=O) groups is 3. The molecule has 176 valence electrons. The van der Waals surface area contributed by atoms with E-state index < -0.39 is 11.5 Å². The summed E-state index contributed by atoms with van der Waals surface area (Å²) in [4.78, 5) is 41.5. The molecule has 6 rings (SSSR count). The van der Waals surface area contributed by atoms with Crippen molar-refractivity contribution in [2.75, 3.05) is 11.9 Å². The summed E-state index contributed by atoms with van der Waals surface area (Å²) in [5.74, 6) is -0.0999. The lowest BCUT2D eigenvalue weighted by atomic mass is 9.73. The number of carbonyl (C=O) groups excluding carboxylic acids is 2. The minimum absolute atomic E-state index is 0.0395. The molecule has 35 heavy (non-hydrogen) atoms. The number of aromatic amines is 1. The number of amides is 2. The van der Waals surface area contributed by atoms with Gasteiger partial charge in [0.25, 0.3) is 6.47 Å². The maximum atomic E-state index is 13.6. The van der Waals surface area contributed by atoms with Crippen molar-refractivity contribution in [1.82, 2.24) is 20.1 Å². The van der Waals surface area contributed by atoms with Crippen LogP contribution in [0.3, 0.4) is 0 Å². The highest BCUT2D eigenvalue weighted by Gasteiger charge is 2.59. The molecule has 2 aromatic carbocycles. The highest BCUT2D eigenvalue weighted by molar-refractivity contribution is 6.07. The molecular formula is C26H23N5O4. The fourth-order valence-corrected chi connectivity index (χ4v) is 5.36. The molecule has 0 aliphatic carbocycles. The number of para-hydroxylation sites is 2. The molecule has 2 atom stereocenters. The van der Waals surface area contributed by atoms with Crippen molar-refractivity contribution in [3.8, 4) is 0 Å². The monoisotopic (exact) mass is 469 g/mol. The highest BCUT2D eigenvalue weighted by atomic mass is 16.3. The van der Waals surface area contributed by atoms with E-state index in [2.05, 4.69) is 20.5 Å². The number of H-pyrrole nitrogens is 1. The predicted molar refractivity (Wildman–Crippen MR) is 129 cm³/mol. The molecule has 1 fully saturated rings. The van der Waals surface area contributed by atoms with Crippen LogP contribution in [0.2, 0.25) is 0 Å². The van der Waals surface area contributed by atoms with Gasteiger partial charge in [-0.15, -0.1) is 0 Å². The van der Waals surface area contributed by atoms with Crippen LogP contribution in [0.4, 0.5) is 5.69 Å². The molecule has 9 nitrogen and oxygen atoms in total. The van der Waals surface area contributed by atoms with Crippen LogP contribution in [0, 0.1) is 0 Å². The summed E-state index contributed by atoms with van der Waals surface area (Å²) in [6, 6.07) is 18.9. The van der Waals surface area contributed by atoms with Crippen LogP contribution in [0.5, 0.6) is 0 Å². The molecular weight excluding hydrogens is 446 g/mol. The van der Waals surface area contributed by atoms with Gasteiger partial charge in [0.05, 0.1) is 23.7 Å². The van der Waals surface area contributed by atoms with Crippen LogP contribution in [0.1, 0.15) is 29.3 Å². The van der Waals surface area contributed by atoms with E-state index in [4.69, 9.17) is 9.90 Å². The van der Waals surface area contributed by atoms with E-state index in [0.29, 0.717) is 13.0 Å². The molecule has 2 amide bonds. The zero-order valence-electron chi connectivity index (χ0n) is 18.7. The number of hydrogen-bond acceptors (Lipinski definition) is 5. The Hall–Kier alpha value is -4.53. The van der Waals surface area contributed by atoms with Gasteiger partial charge < -0.3 is 15.3 Å². The molecule has 9 heteroatoms. The van der Waals surface area contributed by atoms with E-state index in [9.17, 15) is 9.59 Å². The zero-order valence-corrected chi connectivity index (χ0v) is 18.7. The summed E-state index contributed by atoms with van der Waals surface area (Å²) < 4.78 is 0. The molecule has 2 aliphatic rings. The van der Waals surface area contributed by atoms with Crippen LogP contribution < -0.4 is 5.32 Å². The van der Waals surface area contributed by atoms with Crippen LogP contribution in [0.15, 0.2) is 73.1 Å². The fraction of sp³-hybridized carbons (Fsp3) is 0.192. The second kappa shape index (κ2) is 9.02. The van der Waals surface area contributed by atoms with Crippen molar-refractivity contribution in [1.29, 1.82) is 0 Å². The third-order valence-corrected chi connectivity index (χ3v) is 6.78. The lowest BCUT2D eigenvalue weighted by Gasteiger charge is -2.34. The van der Waals surface area contributed by atoms with Gasteiger partial charge in [0.15, 0.2) is 0 Å². The fourth-order valence-electron chi connectivity index (χ4n) is 5.36. The molecule has 2 unspecified atom stereocenters. The average Bonchev–Trinajstić information content (AvgIpc) is 3.56. The number of likely N-dealkylation sites (tertiary alicyclic amines) is 1. The van der Waals surface area contributed by atoms with E-state index >= 15 is 0 Å². The summed E-state index contributed by atoms with van der Waals surface area (Å²) in [7, 11) is 0. The van der Waals surface area contributed by atoms with Gasteiger partial charge in [0.1, 0.15) is 5.41 Å². The Kier molecular flexibility index (Phi) is 5.74. The highest BCUT2D eigenvalue weighted by Crippen LogP contribution is 2.54. The Labute approximate surface area is 200 Å². The summed E-state index contributed by atoms with van der Waals surface area (Å²) in [6.07, 6.45) is 4.22. The van der Waals surface area contributed by atoms with Gasteiger partial charge in [-0.25, -0.2) is 0 Å². The number of nitrogens with zero attached hydrogens (tertiary/aromatic N) is 3. The normalized spacial score (nSPS) is 20.3. The topological polar surface area (TPSA) is 128 Å². The Morgan fingerprint density at radius 1 is 1.14 bits per heavy atom. The summed E-state index contributed by atoms with van der Waals surface area (Å²) in [6.45, 7) is 0.242. The number of pyridine rings is 1. The Balaban J connectivity index is 0.000000806. The molecule has 0 radical (unpaired) electrons. The Morgan fingerprint density at radius 2 is 1.91 bits per heavy atom. The molecule has 2 aromatic heterocycles. The van der Waals surface area contributed by atoms with Crippen molar-refractivity contribution in [3.05, 3.63) is 89.9 Å². The number of aromatic nitrogens is 3. The number of hydrogen-bond donors (Lipinski definition) is 3. The standard InChI is InChI=1S/C25H21N5O2.CH2O2/c31-22(14-21-17-7-1-3-9-19(17)28-29-21)30-13-11-25(23(30)16-6-5-12-26-15-16)18-8-2-4-10-20(18)27-24(25)32;2-1-3/h1-10,12,15,23H,11,13-14H2,(H,27,32)(H,28,29);1H,(H,2,3). The summed E-state index contributed by atoms with van der Waals surface area (Å²) in [5, 5.41) is 18.2. The maximum absolute atomic E-state index is 13.6. The van der Waals surface area contributed by atoms with Gasteiger partial charge in [-0.2, -0.15) is 5.10 Å². The van der Waals surface area contributed by atoms with Crippen molar-refractivity contribution in [2.24, 2.45) is 0 Å². The first-order valence-electron chi connectivity index (χ1n) is 11.2. The number of rotatable bonds is 3. The average molecular weight is 470 g/mol. The van der Waals surface area contributed by atoms with Crippen LogP contribution >= 0.6 is 0 Å². The quantitative estimate of drug-likeness (QED) is 0.396. The molecule has 2 aliphatic heterocycles. The molecule has 1 saturated heterocycles. The van der Waals surface area contributed by atoms with E-state index in [1.165, 1.54) is 0 Å². The van der Waals surface area contributed by atoms with Crippen molar-refractivity contribution >= 4 is 34.9 Å². The number of carboxylic acid groups (broad SMARTS) is 1. The Morgan fingerprint density at radius 3 is 2.71 bits per heavy atom. The molecule has 4 aromatic rings. The largest absolute Gasteiger partial charge is 0.483 e. The molecule has 0 saturated carbocycles. The van der Waals surface area contributed by atoms with Crippen LogP contribution in [-0.4, -0.2) is 50.0 Å². The Bertz CT molecular complexity index is 1400. The SMILES string of the molecule is O=C(Cc1[nH]nc2ccccc12)N1CCC2(C(=O)Nc3ccccc32)C1c1cccnc1.O=CO. The van der Waals surface area contributed by atoms with Crippen molar-refractivity contribution < 1.29 is 19.5 Å². The third-order valence-electron chi connectivity index (χ3n) is 6.78. The van der Waals surface area contributed by atoms with Crippen molar-refractivity contribution in [3.63, 3.8) is 0 Å². The minimum Gasteiger partial charge on any atom is -0.483 e. The summed E-state index contributed by atoms with van der Waals surface area (Å²) >= 11 is 0. The van der Waals surface area contributed by atoms with E-state index in [-0.39, 0.29) is 24.7 Å². The smallest absolute Gasteiger partial charge is 0.290 e. The maximum Gasteiger partial charge on any atom is 0.290 e. The number of nitrogens with one attached hydrogen (secondary N) is 2. The minimum atomic E-state index is -0.828. The lowest BCUT2D eigenvalue weighted by Crippen LogP contribution is -2.43. The van der Waals surface area contributed by atoms with Gasteiger partial charge in [0, 0.05) is 30.0 Å². The first kappa shape index (κ1) is 22.3. The first-order chi connectivity index (χ1) is 17.1. The number of anilines is 1. The van der Waals surface area contributed by atoms with Crippen molar-refractivity contribution in [2.45, 2.75) is 24.3 Å². The third kappa shape index (κ3) is 3.61. The van der Waals surface area contributed by atoms with E-state index in [1.807, 2.05) is 65.6 Å². The zero-order chi connectivity index (χ0) is 24.4. The van der Waals surface area contributed by atoms with Gasteiger partial charge in [-0.3, -0.25) is 24.5 Å². The van der Waals surface area contributed by atoms with E-state index in [1.54, 1.807) is 12.4 Å². The number of benzene rings is 2. The van der Waals surface area contributed by atoms with Crippen LogP contribution in [0.25, 0.3) is 10.9 Å². The second-order valence-corrected chi connectivity index (χ2v) is 8.50. The second-order valence-electron chi connectivity index (χ2n) is 8.50. The lowest BCUT2D eigenvalue weighted by molar-refractivity contribution is -0.133.